The molecule has 17 rings (SSSR count). The zero-order valence-corrected chi connectivity index (χ0v) is 87.6. The number of rotatable bonds is 19. The molecule has 12 aromatic carbocycles. The van der Waals surface area contributed by atoms with Crippen molar-refractivity contribution >= 4 is 207 Å². The van der Waals surface area contributed by atoms with Crippen LogP contribution in [0.25, 0.3) is 0 Å². The molecule has 5 atom stereocenters. The maximum absolute atomic E-state index is 13.9. The number of carbonyl (C=O) groups is 5. The van der Waals surface area contributed by atoms with Gasteiger partial charge in [-0.25, -0.2) is 0 Å². The van der Waals surface area contributed by atoms with E-state index in [0.29, 0.717) is 174 Å². The van der Waals surface area contributed by atoms with Crippen LogP contribution in [0.3, 0.4) is 0 Å². The highest BCUT2D eigenvalue weighted by molar-refractivity contribution is 8.00. The van der Waals surface area contributed by atoms with E-state index in [1.54, 1.807) is 24.3 Å². The zero-order valence-electron chi connectivity index (χ0n) is 77.7. The zero-order chi connectivity index (χ0) is 98.1. The van der Waals surface area contributed by atoms with Gasteiger partial charge < -0.3 is 39.2 Å². The van der Waals surface area contributed by atoms with E-state index < -0.39 is 9.52 Å². The van der Waals surface area contributed by atoms with Gasteiger partial charge in [0, 0.05) is 165 Å². The lowest BCUT2D eigenvalue weighted by Gasteiger charge is -2.43. The lowest BCUT2D eigenvalue weighted by molar-refractivity contribution is -0.118. The molecule has 0 N–H and O–H groups in total. The Morgan fingerprint density at radius 1 is 0.314 bits per heavy atom. The van der Waals surface area contributed by atoms with Crippen LogP contribution in [0.5, 0.6) is 0 Å². The monoisotopic (exact) mass is 2090 g/mol. The molecular formula is C110H108Cl12N8O6S. The molecule has 137 heavy (non-hydrogen) atoms. The number of nitrogens with zero attached hydrogens (tertiary/aromatic N) is 8. The van der Waals surface area contributed by atoms with Crippen LogP contribution in [0, 0.1) is 55.4 Å². The quantitative estimate of drug-likeness (QED) is 0.0722. The van der Waals surface area contributed by atoms with Crippen LogP contribution >= 0.6 is 139 Å². The third-order valence-electron chi connectivity index (χ3n) is 25.8. The fourth-order valence-electron chi connectivity index (χ4n) is 19.1. The molecule has 4 aliphatic heterocycles. The van der Waals surface area contributed by atoms with Gasteiger partial charge >= 0.3 is 0 Å². The van der Waals surface area contributed by atoms with E-state index in [1.807, 2.05) is 269 Å². The van der Waals surface area contributed by atoms with Gasteiger partial charge in [-0.3, -0.25) is 28.2 Å². The average molecular weight is 2100 g/mol. The van der Waals surface area contributed by atoms with Gasteiger partial charge in [0.05, 0.1) is 67.0 Å². The summed E-state index contributed by atoms with van der Waals surface area (Å²) in [7, 11) is -2.14. The van der Waals surface area contributed by atoms with Crippen molar-refractivity contribution in [1.82, 2.24) is 19.6 Å². The molecule has 1 aliphatic carbocycles. The molecule has 714 valence electrons. The minimum absolute atomic E-state index is 0.00208. The summed E-state index contributed by atoms with van der Waals surface area (Å²) in [5, 5.41) is 7.62. The van der Waals surface area contributed by atoms with Crippen LogP contribution in [-0.4, -0.2) is 143 Å². The Kier molecular flexibility index (Phi) is 34.9. The van der Waals surface area contributed by atoms with Crippen molar-refractivity contribution < 1.29 is 28.2 Å². The number of piperazine rings is 4. The summed E-state index contributed by atoms with van der Waals surface area (Å²) in [6.07, 6.45) is 3.82. The van der Waals surface area contributed by atoms with Crippen molar-refractivity contribution in [3.05, 3.63) is 391 Å². The SMILES string of the molecule is C=S(=O)(Cc1cc(C)c(C(=O)N2CCN(c3ccc(Cl)cc3Cl)[C@H](c3ccc(Cl)cc3)C2)c(C)c1)C1CC1.CCCC(=O)Cc1cc(C)c(C(=O)N2CCN(c3ccc(Cl)cc3Cl)[C@H](c3ccc(Cl)cc3)C2)c(C)c1.Cc1cc(C)c(C(=O)N2CCN(c3ccc(Cl)cc3Cl)[C@H](c3ccc(Cl)cc3)C2)c(C)c1.Cc1ccc(C(=O)N2CCN(c3ccc(Cl)cc3Cl)[C@H](c3ccc(Cl)cc3)C2)cc1. The maximum atomic E-state index is 13.9. The first-order valence-corrected chi connectivity index (χ1v) is 52.1. The molecule has 0 radical (unpaired) electrons. The predicted octanol–water partition coefficient (Wildman–Crippen LogP) is 29.2. The topological polar surface area (TPSA) is 128 Å². The van der Waals surface area contributed by atoms with E-state index in [9.17, 15) is 28.2 Å². The van der Waals surface area contributed by atoms with Crippen LogP contribution in [0.1, 0.15) is 176 Å². The van der Waals surface area contributed by atoms with Crippen molar-refractivity contribution in [2.75, 3.05) is 98.1 Å². The first-order chi connectivity index (χ1) is 65.4. The normalized spacial score (nSPS) is 17.1. The van der Waals surface area contributed by atoms with Crippen LogP contribution in [-0.2, 0) is 26.5 Å². The number of Topliss-reactive ketones (excluding diaryl/α,β-unsaturated/α-hetero) is 1. The Balaban J connectivity index is 0.000000147. The van der Waals surface area contributed by atoms with Crippen molar-refractivity contribution in [2.24, 2.45) is 0 Å². The molecule has 5 aliphatic rings. The van der Waals surface area contributed by atoms with Crippen molar-refractivity contribution in [2.45, 2.75) is 130 Å². The number of hydrogen-bond acceptors (Lipinski definition) is 10. The van der Waals surface area contributed by atoms with E-state index in [2.05, 4.69) is 44.5 Å². The molecule has 4 heterocycles. The average Bonchev–Trinajstić information content (AvgIpc) is 1.67. The molecule has 1 saturated carbocycles. The van der Waals surface area contributed by atoms with Gasteiger partial charge in [-0.15, -0.1) is 0 Å². The van der Waals surface area contributed by atoms with Crippen LogP contribution < -0.4 is 19.6 Å². The summed E-state index contributed by atoms with van der Waals surface area (Å²) in [5.74, 6) is 4.83. The Labute approximate surface area is 865 Å². The number of halogens is 12. The highest BCUT2D eigenvalue weighted by atomic mass is 35.5. The van der Waals surface area contributed by atoms with Crippen LogP contribution in [0.2, 0.25) is 60.3 Å². The van der Waals surface area contributed by atoms with E-state index >= 15 is 0 Å². The first-order valence-electron chi connectivity index (χ1n) is 45.6. The van der Waals surface area contributed by atoms with Crippen LogP contribution in [0.4, 0.5) is 22.7 Å². The number of carbonyl (C=O) groups excluding carboxylic acids is 5. The Morgan fingerprint density at radius 3 is 0.847 bits per heavy atom. The number of ketones is 1. The lowest BCUT2D eigenvalue weighted by atomic mass is 9.94. The van der Waals surface area contributed by atoms with E-state index in [1.165, 1.54) is 0 Å². The van der Waals surface area contributed by atoms with E-state index in [4.69, 9.17) is 139 Å². The van der Waals surface area contributed by atoms with Crippen molar-refractivity contribution in [3.63, 3.8) is 0 Å². The van der Waals surface area contributed by atoms with Gasteiger partial charge in [0.2, 0.25) is 0 Å². The molecular weight excluding hydrogens is 1990 g/mol. The summed E-state index contributed by atoms with van der Waals surface area (Å²) in [6, 6.07) is 72.6. The van der Waals surface area contributed by atoms with Gasteiger partial charge in [-0.1, -0.05) is 254 Å². The second kappa shape index (κ2) is 46.1. The molecule has 4 saturated heterocycles. The van der Waals surface area contributed by atoms with Gasteiger partial charge in [0.15, 0.2) is 0 Å². The fraction of sp³-hybridized carbons (Fsp3) is 0.291. The van der Waals surface area contributed by atoms with E-state index in [-0.39, 0.29) is 58.8 Å². The highest BCUT2D eigenvalue weighted by Crippen LogP contribution is 2.45. The minimum atomic E-state index is -2.14. The molecule has 1 unspecified atom stereocenters. The van der Waals surface area contributed by atoms with E-state index in [0.717, 1.165) is 125 Å². The number of hydrogen-bond donors (Lipinski definition) is 0. The lowest BCUT2D eigenvalue weighted by Crippen LogP contribution is -2.51. The molecule has 27 heteroatoms. The number of amides is 4. The highest BCUT2D eigenvalue weighted by Gasteiger charge is 2.40. The van der Waals surface area contributed by atoms with Crippen molar-refractivity contribution in [3.8, 4) is 0 Å². The molecule has 0 aromatic heterocycles. The third-order valence-corrected chi connectivity index (χ3v) is 31.5. The van der Waals surface area contributed by atoms with Gasteiger partial charge in [-0.2, -0.15) is 0 Å². The second-order valence-electron chi connectivity index (χ2n) is 36.0. The third kappa shape index (κ3) is 25.6. The number of aryl methyl sites for hydroxylation is 8. The van der Waals surface area contributed by atoms with Crippen molar-refractivity contribution in [1.29, 1.82) is 0 Å². The summed E-state index contributed by atoms with van der Waals surface area (Å²) >= 11 is 75.4. The number of benzene rings is 12. The molecule has 0 spiro atoms. The van der Waals surface area contributed by atoms with Crippen LogP contribution in [0.15, 0.2) is 231 Å². The Morgan fingerprint density at radius 2 is 0.577 bits per heavy atom. The second-order valence-corrected chi connectivity index (χ2v) is 43.8. The minimum Gasteiger partial charge on any atom is -0.360 e. The van der Waals surface area contributed by atoms with Gasteiger partial charge in [0.25, 0.3) is 23.6 Å². The van der Waals surface area contributed by atoms with Gasteiger partial charge in [0.1, 0.15) is 5.78 Å². The number of anilines is 4. The maximum Gasteiger partial charge on any atom is 0.254 e. The summed E-state index contributed by atoms with van der Waals surface area (Å²) in [5.41, 5.74) is 20.6. The summed E-state index contributed by atoms with van der Waals surface area (Å²) in [6.45, 7) is 24.9. The standard InChI is InChI=1S/C30H31Cl3N2O2S.C30H31Cl3N2O2.C26H25Cl3N2O.C24H21Cl3N2O/c1-19-14-21(18-38(3,37)25-9-10-25)15-20(2)29(19)30(36)34-12-13-35(27-11-8-24(32)16-26(27)33)28(17-34)22-4-6-23(31)7-5-22;1-4-5-25(36)16-21-14-19(2)29(20(3)15-21)30(37)34-12-13-35(27-11-10-24(32)17-26(27)33)28(18-34)22-6-8-23(31)9-7-22;1-16-12-17(2)25(18(3)13-16)26(32)30-10-11-31(23-9-8-21(28)14-22(23)29)24(15-30)19-4-6-20(27)7-5-19;1-16-2-4-18(5-3-16)24(30)28-12-13-29(22-11-10-20(26)14-21(22)27)23(15-28)17-6-8-19(25)9-7-17/h4-8,11,14-16,25,28H,3,9-10,12-13,17-18H2,1-2H3;6-11,14-15,17,28H,4-5,12-13,16,18H2,1-3H3;4-9,12-14,24H,10-11,15H2,1-3H3;2-11,14,23H,12-13,15H2,1H3/t28-,38?;28-;24-;23-/m0000/s1. The molecule has 0 bridgehead atoms. The fourth-order valence-corrected chi connectivity index (χ4v) is 23.6. The summed E-state index contributed by atoms with van der Waals surface area (Å²) < 4.78 is 13.0. The molecule has 12 aromatic rings. The molecule has 5 fully saturated rings. The Hall–Kier alpha value is -9.11. The smallest absolute Gasteiger partial charge is 0.254 e. The largest absolute Gasteiger partial charge is 0.360 e. The first kappa shape index (κ1) is 104. The molecule has 14 nitrogen and oxygen atoms in total. The predicted molar refractivity (Wildman–Crippen MR) is 575 cm³/mol. The molecule has 4 amide bonds. The Bertz CT molecular complexity index is 6500. The summed E-state index contributed by atoms with van der Waals surface area (Å²) in [4.78, 5) is 83.3. The van der Waals surface area contributed by atoms with Gasteiger partial charge in [-0.05, 0) is 290 Å².